The number of esters is 1. The Bertz CT molecular complexity index is 1380. The van der Waals surface area contributed by atoms with Gasteiger partial charge in [-0.1, -0.05) is 68.8 Å². The molecule has 0 aliphatic heterocycles. The molecule has 0 radical (unpaired) electrons. The summed E-state index contributed by atoms with van der Waals surface area (Å²) in [6.07, 6.45) is 2.66. The van der Waals surface area contributed by atoms with E-state index in [4.69, 9.17) is 13.9 Å². The maximum Gasteiger partial charge on any atom is 0.408 e. The predicted molar refractivity (Wildman–Crippen MR) is 146 cm³/mol. The number of nitrogens with zero attached hydrogens (tertiary/aromatic N) is 1. The summed E-state index contributed by atoms with van der Waals surface area (Å²) in [5.41, 5.74) is 1.83. The van der Waals surface area contributed by atoms with Crippen LogP contribution < -0.4 is 5.32 Å². The summed E-state index contributed by atoms with van der Waals surface area (Å²) in [7, 11) is 0. The average Bonchev–Trinajstić information content (AvgIpc) is 3.51. The van der Waals surface area contributed by atoms with Gasteiger partial charge >= 0.3 is 12.1 Å². The largest absolute Gasteiger partial charge is 0.456 e. The number of carbonyl (C=O) groups excluding carboxylic acids is 2. The van der Waals surface area contributed by atoms with Gasteiger partial charge in [0.05, 0.1) is 0 Å². The van der Waals surface area contributed by atoms with Crippen LogP contribution in [0.2, 0.25) is 0 Å². The van der Waals surface area contributed by atoms with Gasteiger partial charge in [0.2, 0.25) is 5.89 Å². The average molecular weight is 518 g/mol. The number of rotatable bonds is 9. The number of carbonyl (C=O) groups is 2. The third-order valence-corrected chi connectivity index (χ3v) is 6.21. The molecule has 8 heteroatoms. The summed E-state index contributed by atoms with van der Waals surface area (Å²) in [5.74, 6) is 0.161. The van der Waals surface area contributed by atoms with Gasteiger partial charge in [-0.2, -0.15) is 0 Å². The topological polar surface area (TPSA) is 106 Å². The molecule has 0 fully saturated rings. The standard InChI is InChI=1S/C30H35N3O5/c1-6-19(2)16-24(32-29(35)38-30(3,4)5)27-33-25(28(34)36-18-20-12-8-7-9-13-20)26(37-27)22-17-31-23-15-11-10-14-21(22)23/h7-15,17,19,24,31H,6,16,18H2,1-5H3,(H,32,35)/t19-,24+/m0/s1. The predicted octanol–water partition coefficient (Wildman–Crippen LogP) is 7.18. The molecule has 38 heavy (non-hydrogen) atoms. The lowest BCUT2D eigenvalue weighted by Crippen LogP contribution is -2.35. The lowest BCUT2D eigenvalue weighted by atomic mass is 9.99. The Morgan fingerprint density at radius 1 is 1.08 bits per heavy atom. The van der Waals surface area contributed by atoms with Crippen LogP contribution in [0, 0.1) is 5.92 Å². The molecular weight excluding hydrogens is 482 g/mol. The number of H-pyrrole nitrogens is 1. The van der Waals surface area contributed by atoms with Gasteiger partial charge in [0.1, 0.15) is 18.2 Å². The van der Waals surface area contributed by atoms with E-state index < -0.39 is 23.7 Å². The number of aromatic nitrogens is 2. The number of amides is 1. The molecule has 0 aliphatic rings. The van der Waals surface area contributed by atoms with Gasteiger partial charge in [-0.15, -0.1) is 0 Å². The first kappa shape index (κ1) is 27.0. The molecule has 4 aromatic rings. The molecule has 4 rings (SSSR count). The van der Waals surface area contributed by atoms with Gasteiger partial charge in [0.25, 0.3) is 0 Å². The molecule has 0 bridgehead atoms. The number of fused-ring (bicyclic) bond motifs is 1. The Balaban J connectivity index is 1.72. The molecule has 0 saturated heterocycles. The van der Waals surface area contributed by atoms with E-state index in [1.165, 1.54) is 0 Å². The fourth-order valence-electron chi connectivity index (χ4n) is 4.10. The van der Waals surface area contributed by atoms with Crippen LogP contribution in [0.1, 0.15) is 75.4 Å². The first-order valence-corrected chi connectivity index (χ1v) is 12.9. The number of aromatic amines is 1. The summed E-state index contributed by atoms with van der Waals surface area (Å²) >= 11 is 0. The normalized spacial score (nSPS) is 13.2. The summed E-state index contributed by atoms with van der Waals surface area (Å²) in [4.78, 5) is 33.8. The summed E-state index contributed by atoms with van der Waals surface area (Å²) in [6.45, 7) is 9.67. The SMILES string of the molecule is CC[C@H](C)C[C@@H](NC(=O)OC(C)(C)C)c1nc(C(=O)OCc2ccccc2)c(-c2c[nH]c3ccccc23)o1. The summed E-state index contributed by atoms with van der Waals surface area (Å²) in [5, 5.41) is 3.78. The van der Waals surface area contributed by atoms with Crippen molar-refractivity contribution in [2.75, 3.05) is 0 Å². The first-order valence-electron chi connectivity index (χ1n) is 12.9. The third-order valence-electron chi connectivity index (χ3n) is 6.21. The number of nitrogens with one attached hydrogen (secondary N) is 2. The van der Waals surface area contributed by atoms with Crippen LogP contribution in [0.15, 0.2) is 65.2 Å². The highest BCUT2D eigenvalue weighted by Crippen LogP contribution is 2.35. The van der Waals surface area contributed by atoms with Gasteiger partial charge in [-0.25, -0.2) is 14.6 Å². The van der Waals surface area contributed by atoms with Crippen molar-refractivity contribution < 1.29 is 23.5 Å². The molecule has 0 aliphatic carbocycles. The Morgan fingerprint density at radius 2 is 1.79 bits per heavy atom. The zero-order valence-corrected chi connectivity index (χ0v) is 22.5. The van der Waals surface area contributed by atoms with Crippen LogP contribution in [0.25, 0.3) is 22.2 Å². The molecule has 2 atom stereocenters. The highest BCUT2D eigenvalue weighted by Gasteiger charge is 2.31. The van der Waals surface area contributed by atoms with Crippen LogP contribution in [0.4, 0.5) is 4.79 Å². The van der Waals surface area contributed by atoms with E-state index in [0.717, 1.165) is 22.9 Å². The van der Waals surface area contributed by atoms with Gasteiger partial charge in [-0.3, -0.25) is 0 Å². The minimum Gasteiger partial charge on any atom is -0.456 e. The highest BCUT2D eigenvalue weighted by atomic mass is 16.6. The zero-order valence-electron chi connectivity index (χ0n) is 22.5. The molecule has 2 N–H and O–H groups in total. The maximum absolute atomic E-state index is 13.3. The van der Waals surface area contributed by atoms with E-state index in [1.807, 2.05) is 54.6 Å². The maximum atomic E-state index is 13.3. The van der Waals surface area contributed by atoms with Gasteiger partial charge in [0.15, 0.2) is 11.5 Å². The molecule has 2 heterocycles. The quantitative estimate of drug-likeness (QED) is 0.228. The Kier molecular flexibility index (Phi) is 8.20. The zero-order chi connectivity index (χ0) is 27.3. The van der Waals surface area contributed by atoms with E-state index in [0.29, 0.717) is 12.0 Å². The summed E-state index contributed by atoms with van der Waals surface area (Å²) in [6, 6.07) is 16.6. The van der Waals surface area contributed by atoms with E-state index in [1.54, 1.807) is 27.0 Å². The second kappa shape index (κ2) is 11.5. The summed E-state index contributed by atoms with van der Waals surface area (Å²) < 4.78 is 17.4. The smallest absolute Gasteiger partial charge is 0.408 e. The van der Waals surface area contributed by atoms with E-state index >= 15 is 0 Å². The van der Waals surface area contributed by atoms with Crippen molar-refractivity contribution >= 4 is 23.0 Å². The molecule has 200 valence electrons. The van der Waals surface area contributed by atoms with Crippen molar-refractivity contribution in [1.29, 1.82) is 0 Å². The minimum absolute atomic E-state index is 0.0563. The van der Waals surface area contributed by atoms with Crippen molar-refractivity contribution in [3.8, 4) is 11.3 Å². The fourth-order valence-corrected chi connectivity index (χ4v) is 4.10. The monoisotopic (exact) mass is 517 g/mol. The molecule has 2 aromatic carbocycles. The molecular formula is C30H35N3O5. The fraction of sp³-hybridized carbons (Fsp3) is 0.367. The van der Waals surface area contributed by atoms with Crippen LogP contribution in [0.3, 0.4) is 0 Å². The first-order chi connectivity index (χ1) is 18.1. The number of para-hydroxylation sites is 1. The highest BCUT2D eigenvalue weighted by molar-refractivity contribution is 6.01. The molecule has 1 amide bonds. The van der Waals surface area contributed by atoms with Gasteiger partial charge < -0.3 is 24.2 Å². The van der Waals surface area contributed by atoms with Crippen molar-refractivity contribution in [1.82, 2.24) is 15.3 Å². The van der Waals surface area contributed by atoms with E-state index in [9.17, 15) is 9.59 Å². The second-order valence-electron chi connectivity index (χ2n) is 10.5. The number of hydrogen-bond donors (Lipinski definition) is 2. The van der Waals surface area contributed by atoms with Gasteiger partial charge in [0, 0.05) is 22.7 Å². The number of oxazole rings is 1. The number of hydrogen-bond acceptors (Lipinski definition) is 6. The Hall–Kier alpha value is -4.07. The van der Waals surface area contributed by atoms with Crippen molar-refractivity contribution in [3.63, 3.8) is 0 Å². The number of ether oxygens (including phenoxy) is 2. The van der Waals surface area contributed by atoms with Crippen LogP contribution in [-0.2, 0) is 16.1 Å². The number of alkyl carbamates (subject to hydrolysis) is 1. The lowest BCUT2D eigenvalue weighted by molar-refractivity contribution is 0.0465. The van der Waals surface area contributed by atoms with E-state index in [2.05, 4.69) is 29.1 Å². The van der Waals surface area contributed by atoms with E-state index in [-0.39, 0.29) is 29.9 Å². The molecule has 0 unspecified atom stereocenters. The van der Waals surface area contributed by atoms with Gasteiger partial charge in [-0.05, 0) is 44.7 Å². The number of benzene rings is 2. The molecule has 0 saturated carbocycles. The van der Waals surface area contributed by atoms with Crippen LogP contribution in [0.5, 0.6) is 0 Å². The molecule has 8 nitrogen and oxygen atoms in total. The molecule has 2 aromatic heterocycles. The Labute approximate surface area is 222 Å². The molecule has 0 spiro atoms. The second-order valence-corrected chi connectivity index (χ2v) is 10.5. The Morgan fingerprint density at radius 3 is 2.50 bits per heavy atom. The van der Waals surface area contributed by atoms with Crippen LogP contribution in [-0.4, -0.2) is 27.6 Å². The van der Waals surface area contributed by atoms with Crippen molar-refractivity contribution in [2.45, 2.75) is 65.7 Å². The van der Waals surface area contributed by atoms with Crippen LogP contribution >= 0.6 is 0 Å². The van der Waals surface area contributed by atoms with Crippen molar-refractivity contribution in [3.05, 3.63) is 77.9 Å². The van der Waals surface area contributed by atoms with Crippen molar-refractivity contribution in [2.24, 2.45) is 5.92 Å². The lowest BCUT2D eigenvalue weighted by Gasteiger charge is -2.23. The third kappa shape index (κ3) is 6.62. The minimum atomic E-state index is -0.663.